The maximum Gasteiger partial charge on any atom is 0.404 e. The van der Waals surface area contributed by atoms with Gasteiger partial charge in [0.2, 0.25) is 0 Å². The highest BCUT2D eigenvalue weighted by Gasteiger charge is 2.16. The first kappa shape index (κ1) is 15.1. The monoisotopic (exact) mass is 363 g/mol. The minimum absolute atomic E-state index is 0.0771. The molecule has 2 N–H and O–H groups in total. The molecule has 0 saturated heterocycles. The highest BCUT2D eigenvalue weighted by atomic mass is 127. The molecule has 0 aliphatic carbocycles. The summed E-state index contributed by atoms with van der Waals surface area (Å²) in [7, 11) is 1.64. The van der Waals surface area contributed by atoms with E-state index in [1.54, 1.807) is 7.11 Å². The van der Waals surface area contributed by atoms with Crippen molar-refractivity contribution < 1.29 is 14.6 Å². The lowest BCUT2D eigenvalue weighted by atomic mass is 9.96. The quantitative estimate of drug-likeness (QED) is 0.791. The average Bonchev–Trinajstić information content (AvgIpc) is 2.27. The van der Waals surface area contributed by atoms with E-state index in [-0.39, 0.29) is 12.0 Å². The van der Waals surface area contributed by atoms with E-state index in [2.05, 4.69) is 27.9 Å². The molecule has 0 saturated carbocycles. The van der Waals surface area contributed by atoms with E-state index in [9.17, 15) is 4.79 Å². The standard InChI is InChI=1S/C13H18INO3/c1-8(2)11(15-13(16)17)7-9-4-5-12(18-3)10(14)6-9/h4-6,8,11,15H,7H2,1-3H3,(H,16,17). The van der Waals surface area contributed by atoms with Gasteiger partial charge in [-0.3, -0.25) is 0 Å². The Bertz CT molecular complexity index is 421. The molecule has 100 valence electrons. The van der Waals surface area contributed by atoms with E-state index in [0.717, 1.165) is 14.9 Å². The summed E-state index contributed by atoms with van der Waals surface area (Å²) in [5.74, 6) is 1.09. The Hall–Kier alpha value is -0.980. The largest absolute Gasteiger partial charge is 0.496 e. The van der Waals surface area contributed by atoms with Crippen LogP contribution in [0.2, 0.25) is 0 Å². The zero-order valence-electron chi connectivity index (χ0n) is 10.7. The van der Waals surface area contributed by atoms with Crippen LogP contribution in [-0.4, -0.2) is 24.4 Å². The van der Waals surface area contributed by atoms with E-state index in [1.165, 1.54) is 0 Å². The molecule has 0 spiro atoms. The predicted molar refractivity (Wildman–Crippen MR) is 79.2 cm³/mol. The predicted octanol–water partition coefficient (Wildman–Crippen LogP) is 3.13. The van der Waals surface area contributed by atoms with Crippen LogP contribution in [0.4, 0.5) is 4.79 Å². The van der Waals surface area contributed by atoms with Crippen molar-refractivity contribution in [3.8, 4) is 5.75 Å². The van der Waals surface area contributed by atoms with Gasteiger partial charge in [0, 0.05) is 6.04 Å². The van der Waals surface area contributed by atoms with Crippen LogP contribution >= 0.6 is 22.6 Å². The van der Waals surface area contributed by atoms with Crippen LogP contribution in [0, 0.1) is 9.49 Å². The molecule has 0 radical (unpaired) electrons. The van der Waals surface area contributed by atoms with Crippen LogP contribution in [0.1, 0.15) is 19.4 Å². The molecular weight excluding hydrogens is 345 g/mol. The van der Waals surface area contributed by atoms with Gasteiger partial charge < -0.3 is 15.2 Å². The van der Waals surface area contributed by atoms with Crippen LogP contribution in [0.5, 0.6) is 5.75 Å². The summed E-state index contributed by atoms with van der Waals surface area (Å²) in [5, 5.41) is 11.4. The number of methoxy groups -OCH3 is 1. The highest BCUT2D eigenvalue weighted by molar-refractivity contribution is 14.1. The van der Waals surface area contributed by atoms with Gasteiger partial charge in [-0.25, -0.2) is 4.79 Å². The molecule has 0 bridgehead atoms. The second-order valence-electron chi connectivity index (χ2n) is 4.47. The van der Waals surface area contributed by atoms with Crippen LogP contribution in [0.25, 0.3) is 0 Å². The third-order valence-corrected chi connectivity index (χ3v) is 3.63. The fourth-order valence-electron chi connectivity index (χ4n) is 1.70. The molecule has 1 aromatic rings. The van der Waals surface area contributed by atoms with Crippen molar-refractivity contribution >= 4 is 28.7 Å². The first-order valence-corrected chi connectivity index (χ1v) is 6.83. The maximum absolute atomic E-state index is 10.7. The van der Waals surface area contributed by atoms with Gasteiger partial charge >= 0.3 is 6.09 Å². The summed E-state index contributed by atoms with van der Waals surface area (Å²) in [6.45, 7) is 4.02. The molecule has 18 heavy (non-hydrogen) atoms. The number of benzene rings is 1. The maximum atomic E-state index is 10.7. The molecule has 1 atom stereocenters. The number of carbonyl (C=O) groups is 1. The molecule has 0 fully saturated rings. The SMILES string of the molecule is COc1ccc(CC(NC(=O)O)C(C)C)cc1I. The van der Waals surface area contributed by atoms with Gasteiger partial charge in [0.1, 0.15) is 5.75 Å². The van der Waals surface area contributed by atoms with Gasteiger partial charge in [-0.05, 0) is 52.6 Å². The highest BCUT2D eigenvalue weighted by Crippen LogP contribution is 2.23. The van der Waals surface area contributed by atoms with Gasteiger partial charge in [-0.2, -0.15) is 0 Å². The smallest absolute Gasteiger partial charge is 0.404 e. The second-order valence-corrected chi connectivity index (χ2v) is 5.64. The Morgan fingerprint density at radius 1 is 1.50 bits per heavy atom. The first-order chi connectivity index (χ1) is 8.43. The Kier molecular flexibility index (Phi) is 5.71. The van der Waals surface area contributed by atoms with Crippen LogP contribution < -0.4 is 10.1 Å². The number of rotatable bonds is 5. The fourth-order valence-corrected chi connectivity index (χ4v) is 2.50. The summed E-state index contributed by atoms with van der Waals surface area (Å²) < 4.78 is 6.23. The van der Waals surface area contributed by atoms with Crippen molar-refractivity contribution in [2.24, 2.45) is 5.92 Å². The molecule has 1 rings (SSSR count). The molecule has 5 heteroatoms. The lowest BCUT2D eigenvalue weighted by molar-refractivity contribution is 0.185. The van der Waals surface area contributed by atoms with Gasteiger partial charge in [0.25, 0.3) is 0 Å². The zero-order chi connectivity index (χ0) is 13.7. The number of ether oxygens (including phenoxy) is 1. The van der Waals surface area contributed by atoms with E-state index in [4.69, 9.17) is 9.84 Å². The molecule has 4 nitrogen and oxygen atoms in total. The Morgan fingerprint density at radius 3 is 2.61 bits per heavy atom. The topological polar surface area (TPSA) is 58.6 Å². The van der Waals surface area contributed by atoms with Crippen molar-refractivity contribution in [2.75, 3.05) is 7.11 Å². The molecule has 0 aromatic heterocycles. The van der Waals surface area contributed by atoms with E-state index >= 15 is 0 Å². The molecule has 0 aliphatic heterocycles. The molecule has 1 unspecified atom stereocenters. The average molecular weight is 363 g/mol. The fraction of sp³-hybridized carbons (Fsp3) is 0.462. The lowest BCUT2D eigenvalue weighted by Gasteiger charge is -2.21. The first-order valence-electron chi connectivity index (χ1n) is 5.76. The van der Waals surface area contributed by atoms with E-state index in [1.807, 2.05) is 32.0 Å². The summed E-state index contributed by atoms with van der Waals surface area (Å²) >= 11 is 2.21. The van der Waals surface area contributed by atoms with Crippen molar-refractivity contribution in [3.63, 3.8) is 0 Å². The van der Waals surface area contributed by atoms with E-state index < -0.39 is 6.09 Å². The zero-order valence-corrected chi connectivity index (χ0v) is 12.9. The van der Waals surface area contributed by atoms with Crippen molar-refractivity contribution in [3.05, 3.63) is 27.3 Å². The third-order valence-electron chi connectivity index (χ3n) is 2.79. The molecular formula is C13H18INO3. The van der Waals surface area contributed by atoms with E-state index in [0.29, 0.717) is 6.42 Å². The number of nitrogens with one attached hydrogen (secondary N) is 1. The molecule has 0 aliphatic rings. The molecule has 1 amide bonds. The number of halogens is 1. The number of hydrogen-bond donors (Lipinski definition) is 2. The van der Waals surface area contributed by atoms with Gasteiger partial charge in [0.05, 0.1) is 10.7 Å². The number of amides is 1. The Labute approximate surface area is 121 Å². The normalized spacial score (nSPS) is 12.3. The number of carboxylic acid groups (broad SMARTS) is 1. The second kappa shape index (κ2) is 6.82. The molecule has 1 aromatic carbocycles. The summed E-state index contributed by atoms with van der Waals surface area (Å²) in [6, 6.07) is 5.83. The summed E-state index contributed by atoms with van der Waals surface area (Å²) in [6.07, 6.45) is -0.291. The Morgan fingerprint density at radius 2 is 2.17 bits per heavy atom. The van der Waals surface area contributed by atoms with Crippen molar-refractivity contribution in [1.82, 2.24) is 5.32 Å². The van der Waals surface area contributed by atoms with Crippen LogP contribution in [0.15, 0.2) is 18.2 Å². The Balaban J connectivity index is 2.80. The number of hydrogen-bond acceptors (Lipinski definition) is 2. The van der Waals surface area contributed by atoms with Crippen molar-refractivity contribution in [1.29, 1.82) is 0 Å². The van der Waals surface area contributed by atoms with Crippen LogP contribution in [0.3, 0.4) is 0 Å². The minimum Gasteiger partial charge on any atom is -0.496 e. The van der Waals surface area contributed by atoms with Gasteiger partial charge in [0.15, 0.2) is 0 Å². The van der Waals surface area contributed by atoms with Gasteiger partial charge in [-0.1, -0.05) is 19.9 Å². The van der Waals surface area contributed by atoms with Gasteiger partial charge in [-0.15, -0.1) is 0 Å². The summed E-state index contributed by atoms with van der Waals surface area (Å²) in [5.41, 5.74) is 1.10. The minimum atomic E-state index is -0.975. The third kappa shape index (κ3) is 4.36. The summed E-state index contributed by atoms with van der Waals surface area (Å²) in [4.78, 5) is 10.7. The van der Waals surface area contributed by atoms with Crippen molar-refractivity contribution in [2.45, 2.75) is 26.3 Å². The molecule has 0 heterocycles. The lowest BCUT2D eigenvalue weighted by Crippen LogP contribution is -2.39. The van der Waals surface area contributed by atoms with Crippen LogP contribution in [-0.2, 0) is 6.42 Å².